The number of ether oxygens (including phenoxy) is 1. The highest BCUT2D eigenvalue weighted by molar-refractivity contribution is 6.32. The number of nitrogens with zero attached hydrogens (tertiary/aromatic N) is 5. The molecule has 7 heteroatoms. The third-order valence-electron chi connectivity index (χ3n) is 6.53. The van der Waals surface area contributed by atoms with Crippen LogP contribution in [0, 0.1) is 0 Å². The summed E-state index contributed by atoms with van der Waals surface area (Å²) in [5.41, 5.74) is 3.57. The first-order valence-corrected chi connectivity index (χ1v) is 11.0. The maximum absolute atomic E-state index is 6.71. The molecule has 0 N–H and O–H groups in total. The van der Waals surface area contributed by atoms with Crippen LogP contribution in [-0.4, -0.2) is 56.3 Å². The number of hydrogen-bond acceptors (Lipinski definition) is 4. The molecule has 0 spiro atoms. The monoisotopic (exact) mass is 413 g/mol. The van der Waals surface area contributed by atoms with Crippen LogP contribution in [-0.2, 0) is 11.3 Å². The van der Waals surface area contributed by atoms with Gasteiger partial charge >= 0.3 is 0 Å². The third-order valence-corrected chi connectivity index (χ3v) is 6.85. The minimum Gasteiger partial charge on any atom is -0.377 e. The number of aryl methyl sites for hydroxylation is 1. The van der Waals surface area contributed by atoms with Crippen LogP contribution in [0.15, 0.2) is 30.7 Å². The van der Waals surface area contributed by atoms with Crippen molar-refractivity contribution in [2.75, 3.05) is 26.3 Å². The quantitative estimate of drug-likeness (QED) is 0.627. The van der Waals surface area contributed by atoms with Gasteiger partial charge in [0.25, 0.3) is 0 Å². The molecule has 0 amide bonds. The van der Waals surface area contributed by atoms with Crippen molar-refractivity contribution >= 4 is 22.5 Å². The Balaban J connectivity index is 1.42. The lowest BCUT2D eigenvalue weighted by molar-refractivity contribution is -0.136. The molecule has 0 bridgehead atoms. The van der Waals surface area contributed by atoms with E-state index >= 15 is 0 Å². The molecule has 6 nitrogen and oxygen atoms in total. The number of aromatic nitrogens is 4. The first-order chi connectivity index (χ1) is 14.1. The minimum atomic E-state index is 0.232. The number of rotatable bonds is 5. The molecule has 0 aliphatic carbocycles. The Labute approximate surface area is 176 Å². The van der Waals surface area contributed by atoms with Crippen molar-refractivity contribution in [2.45, 2.75) is 51.1 Å². The van der Waals surface area contributed by atoms with E-state index in [0.29, 0.717) is 5.92 Å². The number of halogens is 1. The van der Waals surface area contributed by atoms with Gasteiger partial charge in [-0.05, 0) is 62.9 Å². The summed E-state index contributed by atoms with van der Waals surface area (Å²) in [4.78, 5) is 2.59. The van der Waals surface area contributed by atoms with Crippen LogP contribution in [0.5, 0.6) is 0 Å². The molecule has 154 valence electrons. The van der Waals surface area contributed by atoms with Crippen LogP contribution in [0.4, 0.5) is 0 Å². The summed E-state index contributed by atoms with van der Waals surface area (Å²) in [6.07, 6.45) is 9.15. The van der Waals surface area contributed by atoms with Gasteiger partial charge in [-0.1, -0.05) is 18.5 Å². The van der Waals surface area contributed by atoms with E-state index in [9.17, 15) is 0 Å². The molecule has 2 fully saturated rings. The maximum atomic E-state index is 6.71. The second-order valence-electron chi connectivity index (χ2n) is 8.70. The van der Waals surface area contributed by atoms with Crippen molar-refractivity contribution in [3.05, 3.63) is 41.3 Å². The molecular formula is C22H28ClN5O. The Morgan fingerprint density at radius 2 is 1.97 bits per heavy atom. The number of benzene rings is 1. The molecule has 0 radical (unpaired) electrons. The predicted octanol–water partition coefficient (Wildman–Crippen LogP) is 4.25. The lowest BCUT2D eigenvalue weighted by atomic mass is 9.86. The Bertz CT molecular complexity index is 1010. The molecule has 3 aromatic rings. The summed E-state index contributed by atoms with van der Waals surface area (Å²) in [6.45, 7) is 9.29. The zero-order chi connectivity index (χ0) is 20.0. The van der Waals surface area contributed by atoms with Gasteiger partial charge in [0.15, 0.2) is 0 Å². The van der Waals surface area contributed by atoms with Gasteiger partial charge in [-0.25, -0.2) is 4.68 Å². The zero-order valence-corrected chi connectivity index (χ0v) is 17.9. The highest BCUT2D eigenvalue weighted by Crippen LogP contribution is 2.38. The van der Waals surface area contributed by atoms with E-state index in [0.717, 1.165) is 73.7 Å². The average molecular weight is 414 g/mol. The Hall–Kier alpha value is -1.89. The molecule has 1 aromatic carbocycles. The minimum absolute atomic E-state index is 0.232. The molecule has 0 atom stereocenters. The summed E-state index contributed by atoms with van der Waals surface area (Å²) >= 11 is 6.71. The van der Waals surface area contributed by atoms with E-state index in [1.54, 1.807) is 0 Å². The van der Waals surface area contributed by atoms with E-state index in [4.69, 9.17) is 16.3 Å². The first kappa shape index (κ1) is 19.1. The Morgan fingerprint density at radius 3 is 2.66 bits per heavy atom. The van der Waals surface area contributed by atoms with E-state index in [1.165, 1.54) is 5.56 Å². The second kappa shape index (κ2) is 7.42. The maximum Gasteiger partial charge on any atom is 0.103 e. The largest absolute Gasteiger partial charge is 0.377 e. The van der Waals surface area contributed by atoms with E-state index in [1.807, 2.05) is 21.8 Å². The van der Waals surface area contributed by atoms with Crippen LogP contribution in [0.1, 0.15) is 44.6 Å². The van der Waals surface area contributed by atoms with Crippen LogP contribution in [0.2, 0.25) is 5.02 Å². The van der Waals surface area contributed by atoms with Crippen molar-refractivity contribution in [1.82, 2.24) is 24.5 Å². The Morgan fingerprint density at radius 1 is 1.17 bits per heavy atom. The van der Waals surface area contributed by atoms with Crippen molar-refractivity contribution in [3.63, 3.8) is 0 Å². The fourth-order valence-electron chi connectivity index (χ4n) is 4.70. The second-order valence-corrected chi connectivity index (χ2v) is 9.11. The lowest BCUT2D eigenvalue weighted by Crippen LogP contribution is -2.61. The van der Waals surface area contributed by atoms with Crippen molar-refractivity contribution < 1.29 is 4.74 Å². The lowest BCUT2D eigenvalue weighted by Gasteiger charge is -2.50. The van der Waals surface area contributed by atoms with Gasteiger partial charge in [-0.15, -0.1) is 0 Å². The SMILES string of the molecule is CCCn1cc(-n2ncc3cc(Cl)c(C4CCN(C5(C)COC5)CC4)cc32)cn1. The Kier molecular flexibility index (Phi) is 4.88. The standard InChI is InChI=1S/C22H28ClN5O/c1-3-6-27-13-18(12-24-27)28-21-10-19(20(23)9-17(21)11-25-28)16-4-7-26(8-5-16)22(2)14-29-15-22/h9-13,16H,3-8,14-15H2,1-2H3. The normalized spacial score (nSPS) is 20.2. The summed E-state index contributed by atoms with van der Waals surface area (Å²) in [5, 5.41) is 11.0. The van der Waals surface area contributed by atoms with Crippen molar-refractivity contribution in [2.24, 2.45) is 0 Å². The number of likely N-dealkylation sites (tertiary alicyclic amines) is 1. The van der Waals surface area contributed by atoms with E-state index in [-0.39, 0.29) is 5.54 Å². The fraction of sp³-hybridized carbons (Fsp3) is 0.545. The van der Waals surface area contributed by atoms with Gasteiger partial charge in [0, 0.05) is 17.0 Å². The van der Waals surface area contributed by atoms with Crippen molar-refractivity contribution in [1.29, 1.82) is 0 Å². The molecule has 0 unspecified atom stereocenters. The molecule has 5 rings (SSSR count). The van der Waals surface area contributed by atoms with E-state index < -0.39 is 0 Å². The average Bonchev–Trinajstić information content (AvgIpc) is 3.32. The van der Waals surface area contributed by atoms with Crippen LogP contribution in [0.3, 0.4) is 0 Å². The summed E-state index contributed by atoms with van der Waals surface area (Å²) in [5.74, 6) is 0.485. The predicted molar refractivity (Wildman–Crippen MR) is 115 cm³/mol. The van der Waals surface area contributed by atoms with Gasteiger partial charge < -0.3 is 4.74 Å². The van der Waals surface area contributed by atoms with Gasteiger partial charge in [-0.2, -0.15) is 10.2 Å². The molecule has 2 aromatic heterocycles. The highest BCUT2D eigenvalue weighted by atomic mass is 35.5. The van der Waals surface area contributed by atoms with Crippen LogP contribution >= 0.6 is 11.6 Å². The summed E-state index contributed by atoms with van der Waals surface area (Å²) < 4.78 is 9.41. The number of hydrogen-bond donors (Lipinski definition) is 0. The molecule has 0 saturated carbocycles. The summed E-state index contributed by atoms with van der Waals surface area (Å²) in [7, 11) is 0. The van der Waals surface area contributed by atoms with Gasteiger partial charge in [-0.3, -0.25) is 9.58 Å². The highest BCUT2D eigenvalue weighted by Gasteiger charge is 2.41. The van der Waals surface area contributed by atoms with Gasteiger partial charge in [0.05, 0.1) is 42.9 Å². The van der Waals surface area contributed by atoms with Gasteiger partial charge in [0.2, 0.25) is 0 Å². The van der Waals surface area contributed by atoms with E-state index in [2.05, 4.69) is 47.3 Å². The van der Waals surface area contributed by atoms with Gasteiger partial charge in [0.1, 0.15) is 5.69 Å². The molecule has 4 heterocycles. The molecular weight excluding hydrogens is 386 g/mol. The van der Waals surface area contributed by atoms with Crippen molar-refractivity contribution in [3.8, 4) is 5.69 Å². The topological polar surface area (TPSA) is 48.1 Å². The summed E-state index contributed by atoms with van der Waals surface area (Å²) in [6, 6.07) is 4.32. The van der Waals surface area contributed by atoms with Crippen LogP contribution < -0.4 is 0 Å². The molecule has 2 aliphatic rings. The smallest absolute Gasteiger partial charge is 0.103 e. The zero-order valence-electron chi connectivity index (χ0n) is 17.1. The first-order valence-electron chi connectivity index (χ1n) is 10.6. The van der Waals surface area contributed by atoms with Crippen LogP contribution in [0.25, 0.3) is 16.6 Å². The number of piperidine rings is 1. The molecule has 29 heavy (non-hydrogen) atoms. The molecule has 2 saturated heterocycles. The fourth-order valence-corrected chi connectivity index (χ4v) is 5.03. The third kappa shape index (κ3) is 3.37. The molecule has 2 aliphatic heterocycles. The number of fused-ring (bicyclic) bond motifs is 1.